The van der Waals surface area contributed by atoms with E-state index in [4.69, 9.17) is 4.52 Å². The smallest absolute Gasteiger partial charge is 0.228 e. The van der Waals surface area contributed by atoms with E-state index in [-0.39, 0.29) is 0 Å². The third-order valence-corrected chi connectivity index (χ3v) is 2.92. The minimum absolute atomic E-state index is 0.384. The molecule has 0 radical (unpaired) electrons. The summed E-state index contributed by atoms with van der Waals surface area (Å²) in [6, 6.07) is 0.384. The molecule has 0 saturated carbocycles. The van der Waals surface area contributed by atoms with E-state index in [2.05, 4.69) is 34.3 Å². The van der Waals surface area contributed by atoms with Gasteiger partial charge in [-0.1, -0.05) is 19.0 Å². The zero-order valence-electron chi connectivity index (χ0n) is 11.1. The minimum Gasteiger partial charge on any atom is -0.339 e. The fourth-order valence-electron chi connectivity index (χ4n) is 1.87. The number of nitrogens with zero attached hydrogens (tertiary/aromatic N) is 4. The van der Waals surface area contributed by atoms with Crippen molar-refractivity contribution in [2.75, 3.05) is 6.54 Å². The van der Waals surface area contributed by atoms with E-state index in [9.17, 15) is 0 Å². The summed E-state index contributed by atoms with van der Waals surface area (Å²) in [6.45, 7) is 5.19. The first-order chi connectivity index (χ1) is 8.74. The number of likely N-dealkylation sites (N-methyl/N-ethyl adjacent to an activating group) is 1. The summed E-state index contributed by atoms with van der Waals surface area (Å²) in [5.41, 5.74) is 0.862. The molecular weight excluding hydrogens is 230 g/mol. The van der Waals surface area contributed by atoms with Gasteiger partial charge in [0.1, 0.15) is 5.69 Å². The van der Waals surface area contributed by atoms with Gasteiger partial charge in [-0.25, -0.2) is 4.98 Å². The second-order valence-electron chi connectivity index (χ2n) is 4.27. The highest BCUT2D eigenvalue weighted by molar-refractivity contribution is 5.46. The van der Waals surface area contributed by atoms with Gasteiger partial charge in [0.25, 0.3) is 0 Å². The Labute approximate surface area is 106 Å². The van der Waals surface area contributed by atoms with Crippen molar-refractivity contribution in [3.8, 4) is 11.5 Å². The zero-order chi connectivity index (χ0) is 13.0. The topological polar surface area (TPSA) is 68.8 Å². The van der Waals surface area contributed by atoms with Crippen LogP contribution in [0.5, 0.6) is 0 Å². The molecule has 0 aliphatic rings. The van der Waals surface area contributed by atoms with Gasteiger partial charge in [0.05, 0.1) is 12.5 Å². The molecule has 0 spiro atoms. The second kappa shape index (κ2) is 5.77. The average Bonchev–Trinajstić information content (AvgIpc) is 2.97. The summed E-state index contributed by atoms with van der Waals surface area (Å²) >= 11 is 0. The van der Waals surface area contributed by atoms with Crippen LogP contribution in [0.3, 0.4) is 0 Å². The summed E-state index contributed by atoms with van der Waals surface area (Å²) in [6.07, 6.45) is 5.25. The molecule has 2 aromatic heterocycles. The van der Waals surface area contributed by atoms with E-state index in [0.29, 0.717) is 17.8 Å². The van der Waals surface area contributed by atoms with Gasteiger partial charge in [-0.05, 0) is 13.0 Å². The number of hydrogen-bond donors (Lipinski definition) is 1. The van der Waals surface area contributed by atoms with E-state index < -0.39 is 0 Å². The molecule has 18 heavy (non-hydrogen) atoms. The van der Waals surface area contributed by atoms with Crippen molar-refractivity contribution >= 4 is 0 Å². The molecular formula is C12H19N5O. The first kappa shape index (κ1) is 12.8. The number of aromatic nitrogens is 4. The Morgan fingerprint density at radius 3 is 2.89 bits per heavy atom. The number of imidazole rings is 1. The molecule has 1 unspecified atom stereocenters. The summed E-state index contributed by atoms with van der Waals surface area (Å²) < 4.78 is 7.15. The fraction of sp³-hybridized carbons (Fsp3) is 0.583. The van der Waals surface area contributed by atoms with Gasteiger partial charge in [-0.2, -0.15) is 4.98 Å². The predicted octanol–water partition coefficient (Wildman–Crippen LogP) is 1.40. The molecule has 1 N–H and O–H groups in total. The van der Waals surface area contributed by atoms with E-state index in [0.717, 1.165) is 25.1 Å². The lowest BCUT2D eigenvalue weighted by Gasteiger charge is -2.12. The molecule has 0 aliphatic carbocycles. The fourth-order valence-corrected chi connectivity index (χ4v) is 1.87. The molecule has 1 atom stereocenters. The van der Waals surface area contributed by atoms with Gasteiger partial charge >= 0.3 is 0 Å². The van der Waals surface area contributed by atoms with Crippen molar-refractivity contribution in [3.63, 3.8) is 0 Å². The van der Waals surface area contributed by atoms with Crippen molar-refractivity contribution in [1.29, 1.82) is 0 Å². The molecule has 2 rings (SSSR count). The summed E-state index contributed by atoms with van der Waals surface area (Å²) in [4.78, 5) is 8.45. The van der Waals surface area contributed by atoms with Crippen molar-refractivity contribution < 1.29 is 4.52 Å². The van der Waals surface area contributed by atoms with Crippen molar-refractivity contribution in [2.45, 2.75) is 32.7 Å². The molecule has 0 aromatic carbocycles. The Morgan fingerprint density at radius 2 is 2.28 bits per heavy atom. The molecule has 0 aliphatic heterocycles. The van der Waals surface area contributed by atoms with Crippen LogP contribution in [0.4, 0.5) is 0 Å². The maximum absolute atomic E-state index is 5.28. The molecule has 6 heteroatoms. The number of nitrogens with one attached hydrogen (secondary N) is 1. The van der Waals surface area contributed by atoms with Gasteiger partial charge < -0.3 is 14.4 Å². The van der Waals surface area contributed by atoms with Gasteiger partial charge in [-0.15, -0.1) is 0 Å². The van der Waals surface area contributed by atoms with Crippen molar-refractivity contribution in [2.24, 2.45) is 7.05 Å². The maximum atomic E-state index is 5.28. The second-order valence-corrected chi connectivity index (χ2v) is 4.27. The van der Waals surface area contributed by atoms with Gasteiger partial charge in [-0.3, -0.25) is 0 Å². The predicted molar refractivity (Wildman–Crippen MR) is 68.0 cm³/mol. The van der Waals surface area contributed by atoms with Crippen LogP contribution in [0.25, 0.3) is 11.5 Å². The first-order valence-electron chi connectivity index (χ1n) is 6.27. The molecule has 6 nitrogen and oxygen atoms in total. The zero-order valence-corrected chi connectivity index (χ0v) is 11.1. The number of rotatable bonds is 6. The largest absolute Gasteiger partial charge is 0.339 e. The van der Waals surface area contributed by atoms with Crippen LogP contribution in [-0.4, -0.2) is 32.3 Å². The normalized spacial score (nSPS) is 12.8. The van der Waals surface area contributed by atoms with Gasteiger partial charge in [0, 0.05) is 19.5 Å². The number of hydrogen-bond acceptors (Lipinski definition) is 5. The van der Waals surface area contributed by atoms with Gasteiger partial charge in [0.15, 0.2) is 0 Å². The Bertz CT molecular complexity index is 490. The first-order valence-corrected chi connectivity index (χ1v) is 6.27. The highest BCUT2D eigenvalue weighted by Gasteiger charge is 2.14. The van der Waals surface area contributed by atoms with Crippen LogP contribution in [0, 0.1) is 0 Å². The van der Waals surface area contributed by atoms with Crippen molar-refractivity contribution in [3.05, 3.63) is 18.4 Å². The summed E-state index contributed by atoms with van der Waals surface area (Å²) in [7, 11) is 1.91. The van der Waals surface area contributed by atoms with Gasteiger partial charge in [0.2, 0.25) is 11.7 Å². The Hall–Kier alpha value is -1.69. The van der Waals surface area contributed by atoms with Crippen LogP contribution < -0.4 is 5.32 Å². The van der Waals surface area contributed by atoms with E-state index in [1.54, 1.807) is 12.5 Å². The third-order valence-electron chi connectivity index (χ3n) is 2.92. The third kappa shape index (κ3) is 2.76. The summed E-state index contributed by atoms with van der Waals surface area (Å²) in [5, 5.41) is 7.38. The molecule has 98 valence electrons. The van der Waals surface area contributed by atoms with E-state index in [1.165, 1.54) is 0 Å². The lowest BCUT2D eigenvalue weighted by atomic mass is 10.1. The monoisotopic (exact) mass is 249 g/mol. The maximum Gasteiger partial charge on any atom is 0.228 e. The standard InChI is InChI=1S/C12H19N5O/c1-4-9(14-5-2)6-11-15-12(16-18-11)10-7-13-8-17(10)3/h7-9,14H,4-6H2,1-3H3. The average molecular weight is 249 g/mol. The molecule has 2 aromatic rings. The Balaban J connectivity index is 2.09. The van der Waals surface area contributed by atoms with Crippen LogP contribution in [-0.2, 0) is 13.5 Å². The molecule has 0 amide bonds. The minimum atomic E-state index is 0.384. The molecule has 0 bridgehead atoms. The molecule has 0 fully saturated rings. The van der Waals surface area contributed by atoms with E-state index in [1.807, 2.05) is 11.6 Å². The molecule has 2 heterocycles. The van der Waals surface area contributed by atoms with Crippen molar-refractivity contribution in [1.82, 2.24) is 25.0 Å². The summed E-state index contributed by atoms with van der Waals surface area (Å²) in [5.74, 6) is 1.26. The quantitative estimate of drug-likeness (QED) is 0.838. The van der Waals surface area contributed by atoms with E-state index >= 15 is 0 Å². The van der Waals surface area contributed by atoms with Crippen LogP contribution >= 0.6 is 0 Å². The Kier molecular flexibility index (Phi) is 4.09. The Morgan fingerprint density at radius 1 is 1.44 bits per heavy atom. The lowest BCUT2D eigenvalue weighted by molar-refractivity contribution is 0.355. The molecule has 0 saturated heterocycles. The number of aryl methyl sites for hydroxylation is 1. The highest BCUT2D eigenvalue weighted by atomic mass is 16.5. The van der Waals surface area contributed by atoms with Crippen LogP contribution in [0.2, 0.25) is 0 Å². The lowest BCUT2D eigenvalue weighted by Crippen LogP contribution is -2.30. The van der Waals surface area contributed by atoms with Crippen LogP contribution in [0.1, 0.15) is 26.2 Å². The SMILES string of the molecule is CCNC(CC)Cc1nc(-c2cncn2C)no1. The van der Waals surface area contributed by atoms with Crippen LogP contribution in [0.15, 0.2) is 17.0 Å². The highest BCUT2D eigenvalue weighted by Crippen LogP contribution is 2.14.